The Kier molecular flexibility index (Phi) is 6.48. The monoisotopic (exact) mass is 487 g/mol. The first-order valence-corrected chi connectivity index (χ1v) is 12.6. The number of amides is 2. The van der Waals surface area contributed by atoms with E-state index in [9.17, 15) is 9.59 Å². The van der Waals surface area contributed by atoms with Crippen molar-refractivity contribution in [3.05, 3.63) is 83.2 Å². The molecule has 0 aliphatic carbocycles. The highest BCUT2D eigenvalue weighted by Gasteiger charge is 2.34. The predicted octanol–water partition coefficient (Wildman–Crippen LogP) is 4.82. The molecule has 0 spiro atoms. The average molecular weight is 488 g/mol. The van der Waals surface area contributed by atoms with E-state index in [0.717, 1.165) is 17.8 Å². The number of rotatable bonds is 6. The van der Waals surface area contributed by atoms with Gasteiger partial charge in [0, 0.05) is 36.6 Å². The summed E-state index contributed by atoms with van der Waals surface area (Å²) in [6.45, 7) is 9.68. The molecule has 36 heavy (non-hydrogen) atoms. The average Bonchev–Trinajstić information content (AvgIpc) is 3.55. The molecule has 1 atom stereocenters. The van der Waals surface area contributed by atoms with Crippen LogP contribution in [0.1, 0.15) is 66.8 Å². The SMILES string of the molecule is CC(C)c1ccc(C2c3cccn3CCN2C(=O)CN(C(=O)c2ccc3c(c2)OCO3)C(C)C)cc1. The molecule has 2 amide bonds. The van der Waals surface area contributed by atoms with Crippen LogP contribution in [0.15, 0.2) is 60.8 Å². The molecule has 2 aliphatic rings. The zero-order chi connectivity index (χ0) is 25.4. The lowest BCUT2D eigenvalue weighted by molar-refractivity contribution is -0.135. The molecule has 1 aromatic heterocycles. The molecule has 0 N–H and O–H groups in total. The molecule has 7 nitrogen and oxygen atoms in total. The number of benzene rings is 2. The number of carbonyl (C=O) groups is 2. The fourth-order valence-corrected chi connectivity index (χ4v) is 4.99. The van der Waals surface area contributed by atoms with E-state index >= 15 is 0 Å². The Labute approximate surface area is 212 Å². The largest absolute Gasteiger partial charge is 0.454 e. The van der Waals surface area contributed by atoms with Gasteiger partial charge in [0.25, 0.3) is 5.91 Å². The molecule has 1 unspecified atom stereocenters. The number of ether oxygens (including phenoxy) is 2. The van der Waals surface area contributed by atoms with Crippen LogP contribution < -0.4 is 9.47 Å². The van der Waals surface area contributed by atoms with Crippen molar-refractivity contribution < 1.29 is 19.1 Å². The lowest BCUT2D eigenvalue weighted by atomic mass is 9.95. The third kappa shape index (κ3) is 4.45. The van der Waals surface area contributed by atoms with Crippen molar-refractivity contribution in [2.75, 3.05) is 19.9 Å². The van der Waals surface area contributed by atoms with Crippen LogP contribution in [0.25, 0.3) is 0 Å². The van der Waals surface area contributed by atoms with E-state index in [4.69, 9.17) is 9.47 Å². The molecule has 2 aromatic carbocycles. The first kappa shape index (κ1) is 24.0. The van der Waals surface area contributed by atoms with Crippen LogP contribution in [-0.4, -0.2) is 52.1 Å². The number of nitrogens with zero attached hydrogens (tertiary/aromatic N) is 3. The summed E-state index contributed by atoms with van der Waals surface area (Å²) in [7, 11) is 0. The zero-order valence-electron chi connectivity index (χ0n) is 21.3. The van der Waals surface area contributed by atoms with Crippen molar-refractivity contribution in [3.63, 3.8) is 0 Å². The van der Waals surface area contributed by atoms with Gasteiger partial charge < -0.3 is 23.8 Å². The van der Waals surface area contributed by atoms with Gasteiger partial charge in [-0.05, 0) is 61.2 Å². The summed E-state index contributed by atoms with van der Waals surface area (Å²) in [5, 5.41) is 0. The Hall–Kier alpha value is -3.74. The molecule has 0 radical (unpaired) electrons. The topological polar surface area (TPSA) is 64.0 Å². The molecule has 2 aliphatic heterocycles. The number of hydrogen-bond acceptors (Lipinski definition) is 4. The van der Waals surface area contributed by atoms with E-state index in [2.05, 4.69) is 54.9 Å². The molecule has 0 fully saturated rings. The Morgan fingerprint density at radius 3 is 2.44 bits per heavy atom. The van der Waals surface area contributed by atoms with Gasteiger partial charge in [-0.3, -0.25) is 9.59 Å². The fraction of sp³-hybridized carbons (Fsp3) is 0.379. The van der Waals surface area contributed by atoms with Crippen molar-refractivity contribution in [2.45, 2.75) is 52.2 Å². The van der Waals surface area contributed by atoms with E-state index in [0.29, 0.717) is 29.5 Å². The number of fused-ring (bicyclic) bond motifs is 2. The quantitative estimate of drug-likeness (QED) is 0.500. The van der Waals surface area contributed by atoms with Gasteiger partial charge in [-0.2, -0.15) is 0 Å². The van der Waals surface area contributed by atoms with E-state index in [1.165, 1.54) is 5.56 Å². The fourth-order valence-electron chi connectivity index (χ4n) is 4.99. The minimum Gasteiger partial charge on any atom is -0.454 e. The molecule has 188 valence electrons. The van der Waals surface area contributed by atoms with Gasteiger partial charge in [-0.25, -0.2) is 0 Å². The van der Waals surface area contributed by atoms with Crippen molar-refractivity contribution >= 4 is 11.8 Å². The molecular weight excluding hydrogens is 454 g/mol. The summed E-state index contributed by atoms with van der Waals surface area (Å²) in [6.07, 6.45) is 2.07. The van der Waals surface area contributed by atoms with Gasteiger partial charge >= 0.3 is 0 Å². The highest BCUT2D eigenvalue weighted by molar-refractivity contribution is 5.97. The Bertz CT molecular complexity index is 1260. The van der Waals surface area contributed by atoms with Gasteiger partial charge in [0.1, 0.15) is 6.54 Å². The molecule has 3 heterocycles. The Morgan fingerprint density at radius 1 is 0.972 bits per heavy atom. The van der Waals surface area contributed by atoms with E-state index < -0.39 is 0 Å². The van der Waals surface area contributed by atoms with Crippen LogP contribution in [0.5, 0.6) is 11.5 Å². The lowest BCUT2D eigenvalue weighted by Crippen LogP contribution is -2.49. The van der Waals surface area contributed by atoms with Crippen LogP contribution in [0.2, 0.25) is 0 Å². The normalized spacial score (nSPS) is 16.4. The van der Waals surface area contributed by atoms with Crippen molar-refractivity contribution in [2.24, 2.45) is 0 Å². The van der Waals surface area contributed by atoms with Gasteiger partial charge in [0.2, 0.25) is 12.7 Å². The second-order valence-corrected chi connectivity index (χ2v) is 10.0. The summed E-state index contributed by atoms with van der Waals surface area (Å²) in [6, 6.07) is 17.5. The molecule has 0 bridgehead atoms. The minimum atomic E-state index is -0.199. The molecule has 0 saturated carbocycles. The maximum absolute atomic E-state index is 13.8. The molecule has 7 heteroatoms. The van der Waals surface area contributed by atoms with Gasteiger partial charge in [-0.15, -0.1) is 0 Å². The van der Waals surface area contributed by atoms with E-state index in [-0.39, 0.29) is 37.2 Å². The van der Waals surface area contributed by atoms with Gasteiger partial charge in [-0.1, -0.05) is 38.1 Å². The van der Waals surface area contributed by atoms with E-state index in [1.807, 2.05) is 24.8 Å². The number of hydrogen-bond donors (Lipinski definition) is 0. The summed E-state index contributed by atoms with van der Waals surface area (Å²) in [5.74, 6) is 1.35. The predicted molar refractivity (Wildman–Crippen MR) is 137 cm³/mol. The highest BCUT2D eigenvalue weighted by Crippen LogP contribution is 2.35. The molecule has 5 rings (SSSR count). The third-order valence-corrected chi connectivity index (χ3v) is 7.09. The number of carbonyl (C=O) groups excluding carboxylic acids is 2. The van der Waals surface area contributed by atoms with Gasteiger partial charge in [0.15, 0.2) is 11.5 Å². The first-order valence-electron chi connectivity index (χ1n) is 12.6. The van der Waals surface area contributed by atoms with Gasteiger partial charge in [0.05, 0.1) is 6.04 Å². The molecular formula is C29H33N3O4. The van der Waals surface area contributed by atoms with Crippen LogP contribution in [0.3, 0.4) is 0 Å². The first-order chi connectivity index (χ1) is 17.3. The van der Waals surface area contributed by atoms with Crippen molar-refractivity contribution in [1.29, 1.82) is 0 Å². The van der Waals surface area contributed by atoms with Crippen LogP contribution >= 0.6 is 0 Å². The van der Waals surface area contributed by atoms with Crippen LogP contribution in [0.4, 0.5) is 0 Å². The highest BCUT2D eigenvalue weighted by atomic mass is 16.7. The summed E-state index contributed by atoms with van der Waals surface area (Å²) in [4.78, 5) is 30.8. The third-order valence-electron chi connectivity index (χ3n) is 7.09. The van der Waals surface area contributed by atoms with E-state index in [1.54, 1.807) is 23.1 Å². The Balaban J connectivity index is 1.41. The molecule has 0 saturated heterocycles. The zero-order valence-corrected chi connectivity index (χ0v) is 21.3. The molecule has 3 aromatic rings. The lowest BCUT2D eigenvalue weighted by Gasteiger charge is -2.39. The van der Waals surface area contributed by atoms with Crippen molar-refractivity contribution in [1.82, 2.24) is 14.4 Å². The Morgan fingerprint density at radius 2 is 1.72 bits per heavy atom. The standard InChI is InChI=1S/C29H33N3O4/c1-19(2)21-7-9-22(10-8-21)28-24-6-5-13-30(24)14-15-31(28)27(33)17-32(20(3)4)29(34)23-11-12-25-26(16-23)36-18-35-25/h5-13,16,19-20,28H,14-15,17-18H2,1-4H3. The van der Waals surface area contributed by atoms with Crippen molar-refractivity contribution in [3.8, 4) is 11.5 Å². The second-order valence-electron chi connectivity index (χ2n) is 10.0. The summed E-state index contributed by atoms with van der Waals surface area (Å²) < 4.78 is 13.0. The second kappa shape index (κ2) is 9.72. The number of aromatic nitrogens is 1. The van der Waals surface area contributed by atoms with Crippen LogP contribution in [0, 0.1) is 0 Å². The maximum Gasteiger partial charge on any atom is 0.254 e. The van der Waals surface area contributed by atoms with Crippen LogP contribution in [-0.2, 0) is 11.3 Å². The maximum atomic E-state index is 13.8. The smallest absolute Gasteiger partial charge is 0.254 e. The summed E-state index contributed by atoms with van der Waals surface area (Å²) >= 11 is 0. The minimum absolute atomic E-state index is 0.00618. The summed E-state index contributed by atoms with van der Waals surface area (Å²) in [5.41, 5.74) is 3.91.